The number of aliphatic carboxylic acids is 1. The molecule has 0 aromatic heterocycles. The van der Waals surface area contributed by atoms with Crippen LogP contribution < -0.4 is 4.74 Å². The van der Waals surface area contributed by atoms with Crippen LogP contribution in [0.4, 0.5) is 26.3 Å². The number of carbonyl (C=O) groups is 1. The van der Waals surface area contributed by atoms with Gasteiger partial charge in [0.25, 0.3) is 0 Å². The Hall–Kier alpha value is -2.79. The number of benzene rings is 2. The standard InChI is InChI=1S/C27H29F6NO4/c1-14(24(36)37)23(35)17-5-4-16-8-9-25(38-22(16)10-17)12-19(13-25)34(3)15(2)20-11-18(26(28,29)30)6-7-21(20)27(31,32)33/h4-7,10-11,14-15,19,23,35H,8-9,12-13H2,1-3H3,(H,36,37)/t14-,15?,19?,23+,25?/m0/s1. The number of carboxylic acids is 1. The first-order valence-electron chi connectivity index (χ1n) is 12.3. The molecule has 2 N–H and O–H groups in total. The topological polar surface area (TPSA) is 70.0 Å². The Morgan fingerprint density at radius 2 is 1.71 bits per heavy atom. The van der Waals surface area contributed by atoms with Gasteiger partial charge in [-0.05, 0) is 74.7 Å². The molecule has 1 fully saturated rings. The first-order valence-corrected chi connectivity index (χ1v) is 12.3. The zero-order chi connectivity index (χ0) is 28.2. The zero-order valence-corrected chi connectivity index (χ0v) is 21.0. The fourth-order valence-electron chi connectivity index (χ4n) is 5.38. The fraction of sp³-hybridized carbons (Fsp3) is 0.519. The minimum atomic E-state index is -4.80. The molecule has 3 atom stereocenters. The van der Waals surface area contributed by atoms with E-state index in [1.807, 2.05) is 0 Å². The van der Waals surface area contributed by atoms with Gasteiger partial charge in [-0.1, -0.05) is 12.1 Å². The van der Waals surface area contributed by atoms with Gasteiger partial charge in [-0.2, -0.15) is 26.3 Å². The third-order valence-electron chi connectivity index (χ3n) is 8.01. The Morgan fingerprint density at radius 3 is 2.29 bits per heavy atom. The number of ether oxygens (including phenoxy) is 1. The maximum Gasteiger partial charge on any atom is 0.416 e. The smallest absolute Gasteiger partial charge is 0.416 e. The molecule has 2 aliphatic rings. The van der Waals surface area contributed by atoms with Crippen LogP contribution in [-0.2, 0) is 23.6 Å². The van der Waals surface area contributed by atoms with E-state index in [0.717, 1.165) is 5.56 Å². The van der Waals surface area contributed by atoms with Crippen LogP contribution in [0.25, 0.3) is 0 Å². The highest BCUT2D eigenvalue weighted by molar-refractivity contribution is 5.70. The molecule has 1 aliphatic heterocycles. The van der Waals surface area contributed by atoms with Crippen LogP contribution in [0, 0.1) is 5.92 Å². The van der Waals surface area contributed by atoms with Gasteiger partial charge < -0.3 is 14.9 Å². The van der Waals surface area contributed by atoms with Gasteiger partial charge in [-0.15, -0.1) is 0 Å². The van der Waals surface area contributed by atoms with E-state index in [0.29, 0.717) is 55.2 Å². The summed E-state index contributed by atoms with van der Waals surface area (Å²) in [6.45, 7) is 2.86. The second-order valence-corrected chi connectivity index (χ2v) is 10.4. The summed E-state index contributed by atoms with van der Waals surface area (Å²) < 4.78 is 87.0. The van der Waals surface area contributed by atoms with Crippen molar-refractivity contribution in [1.29, 1.82) is 0 Å². The number of hydrogen-bond donors (Lipinski definition) is 2. The van der Waals surface area contributed by atoms with Crippen molar-refractivity contribution in [2.75, 3.05) is 7.05 Å². The first-order chi connectivity index (χ1) is 17.5. The van der Waals surface area contributed by atoms with Crippen molar-refractivity contribution in [2.45, 2.75) is 75.7 Å². The molecule has 0 bridgehead atoms. The molecule has 1 spiro atoms. The van der Waals surface area contributed by atoms with Gasteiger partial charge in [0.1, 0.15) is 11.4 Å². The maximum atomic E-state index is 13.6. The molecule has 2 aromatic carbocycles. The molecule has 2 aromatic rings. The van der Waals surface area contributed by atoms with Crippen LogP contribution in [0.3, 0.4) is 0 Å². The molecule has 1 heterocycles. The third-order valence-corrected chi connectivity index (χ3v) is 8.01. The van der Waals surface area contributed by atoms with Crippen molar-refractivity contribution < 1.29 is 46.1 Å². The van der Waals surface area contributed by atoms with Crippen LogP contribution in [0.2, 0.25) is 0 Å². The van der Waals surface area contributed by atoms with E-state index >= 15 is 0 Å². The summed E-state index contributed by atoms with van der Waals surface area (Å²) in [5, 5.41) is 19.6. The molecule has 0 saturated heterocycles. The third kappa shape index (κ3) is 5.36. The molecular weight excluding hydrogens is 516 g/mol. The molecule has 4 rings (SSSR count). The molecule has 11 heteroatoms. The number of aliphatic hydroxyl groups excluding tert-OH is 1. The zero-order valence-electron chi connectivity index (χ0n) is 21.0. The monoisotopic (exact) mass is 545 g/mol. The minimum absolute atomic E-state index is 0.219. The summed E-state index contributed by atoms with van der Waals surface area (Å²) in [7, 11) is 1.60. The summed E-state index contributed by atoms with van der Waals surface area (Å²) in [6, 6.07) is 5.43. The number of rotatable bonds is 6. The molecular formula is C27H29F6NO4. The molecule has 38 heavy (non-hydrogen) atoms. The number of halogens is 6. The quantitative estimate of drug-likeness (QED) is 0.412. The lowest BCUT2D eigenvalue weighted by Gasteiger charge is -2.53. The second kappa shape index (κ2) is 9.75. The van der Waals surface area contributed by atoms with Crippen molar-refractivity contribution in [2.24, 2.45) is 5.92 Å². The molecule has 5 nitrogen and oxygen atoms in total. The largest absolute Gasteiger partial charge is 0.487 e. The Labute approximate surface area is 216 Å². The second-order valence-electron chi connectivity index (χ2n) is 10.4. The fourth-order valence-corrected chi connectivity index (χ4v) is 5.38. The van der Waals surface area contributed by atoms with Gasteiger partial charge in [-0.3, -0.25) is 9.69 Å². The summed E-state index contributed by atoms with van der Waals surface area (Å²) in [4.78, 5) is 12.9. The Balaban J connectivity index is 1.51. The van der Waals surface area contributed by atoms with Crippen molar-refractivity contribution in [3.8, 4) is 5.75 Å². The number of carboxylic acid groups (broad SMARTS) is 1. The van der Waals surface area contributed by atoms with E-state index in [4.69, 9.17) is 4.74 Å². The van der Waals surface area contributed by atoms with Gasteiger partial charge in [0.2, 0.25) is 0 Å². The molecule has 0 amide bonds. The van der Waals surface area contributed by atoms with Crippen LogP contribution in [0.15, 0.2) is 36.4 Å². The number of aryl methyl sites for hydroxylation is 1. The van der Waals surface area contributed by atoms with Gasteiger partial charge in [0.05, 0.1) is 23.1 Å². The average molecular weight is 546 g/mol. The van der Waals surface area contributed by atoms with Gasteiger partial charge in [-0.25, -0.2) is 0 Å². The molecule has 1 unspecified atom stereocenters. The maximum absolute atomic E-state index is 13.6. The number of nitrogens with zero attached hydrogens (tertiary/aromatic N) is 1. The normalized spacial score (nSPS) is 23.8. The lowest BCUT2D eigenvalue weighted by molar-refractivity contribution is -0.145. The lowest BCUT2D eigenvalue weighted by Crippen LogP contribution is -2.58. The molecule has 208 valence electrons. The highest BCUT2D eigenvalue weighted by Crippen LogP contribution is 2.49. The number of fused-ring (bicyclic) bond motifs is 1. The molecule has 1 saturated carbocycles. The SMILES string of the molecule is CC(c1cc(C(F)(F)F)ccc1C(F)(F)F)N(C)C1CC2(CCc3ccc([C@H](O)[C@H](C)C(=O)O)cc3O2)C1. The van der Waals surface area contributed by atoms with E-state index in [2.05, 4.69) is 0 Å². The lowest BCUT2D eigenvalue weighted by atomic mass is 9.70. The van der Waals surface area contributed by atoms with Gasteiger partial charge in [0, 0.05) is 24.9 Å². The van der Waals surface area contributed by atoms with E-state index in [1.165, 1.54) is 13.8 Å². The van der Waals surface area contributed by atoms with Crippen LogP contribution in [-0.4, -0.2) is 39.8 Å². The number of alkyl halides is 6. The average Bonchev–Trinajstić information content (AvgIpc) is 2.83. The van der Waals surface area contributed by atoms with Crippen molar-refractivity contribution >= 4 is 5.97 Å². The highest BCUT2D eigenvalue weighted by Gasteiger charge is 2.51. The summed E-state index contributed by atoms with van der Waals surface area (Å²) in [6.07, 6.45) is -8.54. The summed E-state index contributed by atoms with van der Waals surface area (Å²) in [5.74, 6) is -1.64. The van der Waals surface area contributed by atoms with Gasteiger partial charge in [0.15, 0.2) is 0 Å². The number of hydrogen-bond acceptors (Lipinski definition) is 4. The highest BCUT2D eigenvalue weighted by atomic mass is 19.4. The van der Waals surface area contributed by atoms with E-state index in [-0.39, 0.29) is 6.04 Å². The predicted molar refractivity (Wildman–Crippen MR) is 126 cm³/mol. The first kappa shape index (κ1) is 28.2. The van der Waals surface area contributed by atoms with Crippen molar-refractivity contribution in [3.05, 3.63) is 64.2 Å². The van der Waals surface area contributed by atoms with Gasteiger partial charge >= 0.3 is 18.3 Å². The Bertz CT molecular complexity index is 1210. The summed E-state index contributed by atoms with van der Waals surface area (Å²) >= 11 is 0. The Kier molecular flexibility index (Phi) is 7.24. The molecule has 1 aliphatic carbocycles. The minimum Gasteiger partial charge on any atom is -0.487 e. The van der Waals surface area contributed by atoms with Crippen LogP contribution >= 0.6 is 0 Å². The number of aliphatic hydroxyl groups is 1. The van der Waals surface area contributed by atoms with Crippen molar-refractivity contribution in [3.63, 3.8) is 0 Å². The van der Waals surface area contributed by atoms with Crippen LogP contribution in [0.5, 0.6) is 5.75 Å². The van der Waals surface area contributed by atoms with E-state index < -0.39 is 58.7 Å². The predicted octanol–water partition coefficient (Wildman–Crippen LogP) is 6.40. The van der Waals surface area contributed by atoms with Crippen molar-refractivity contribution in [1.82, 2.24) is 4.90 Å². The summed E-state index contributed by atoms with van der Waals surface area (Å²) in [5.41, 5.74) is -1.94. The van der Waals surface area contributed by atoms with Crippen LogP contribution in [0.1, 0.15) is 73.1 Å². The Morgan fingerprint density at radius 1 is 1.05 bits per heavy atom. The van der Waals surface area contributed by atoms with E-state index in [9.17, 15) is 41.4 Å². The van der Waals surface area contributed by atoms with E-state index in [1.54, 1.807) is 30.1 Å². The molecule has 0 radical (unpaired) electrons.